The van der Waals surface area contributed by atoms with Gasteiger partial charge in [0.05, 0.1) is 12.1 Å². The Bertz CT molecular complexity index is 635. The number of rotatable bonds is 5. The highest BCUT2D eigenvalue weighted by atomic mass is 19.4. The molecule has 2 fully saturated rings. The van der Waals surface area contributed by atoms with Crippen molar-refractivity contribution in [2.45, 2.75) is 43.7 Å². The quantitative estimate of drug-likeness (QED) is 0.617. The van der Waals surface area contributed by atoms with Gasteiger partial charge in [-0.1, -0.05) is 24.6 Å². The van der Waals surface area contributed by atoms with Crippen LogP contribution in [0.5, 0.6) is 0 Å². The number of nitrogens with one attached hydrogen (secondary N) is 1. The number of benzene rings is 1. The number of hydrogen-bond donors (Lipinski definition) is 2. The molecule has 1 saturated heterocycles. The Morgan fingerprint density at radius 3 is 2.62 bits per heavy atom. The third-order valence-electron chi connectivity index (χ3n) is 5.60. The maximum atomic E-state index is 13.1. The molecule has 4 nitrogen and oxygen atoms in total. The summed E-state index contributed by atoms with van der Waals surface area (Å²) in [5.41, 5.74) is 5.55. The number of halogens is 3. The van der Waals surface area contributed by atoms with Crippen molar-refractivity contribution in [2.75, 3.05) is 26.3 Å². The van der Waals surface area contributed by atoms with E-state index in [1.165, 1.54) is 31.4 Å². The Morgan fingerprint density at radius 2 is 2.00 bits per heavy atom. The predicted octanol–water partition coefficient (Wildman–Crippen LogP) is 3.46. The lowest BCUT2D eigenvalue weighted by molar-refractivity contribution is -0.137. The number of hydrogen-bond acceptors (Lipinski definition) is 2. The van der Waals surface area contributed by atoms with Crippen LogP contribution in [0.25, 0.3) is 0 Å². The number of guanidine groups is 1. The van der Waals surface area contributed by atoms with Crippen LogP contribution in [0.2, 0.25) is 0 Å². The smallest absolute Gasteiger partial charge is 0.381 e. The average molecular weight is 369 g/mol. The fourth-order valence-electron chi connectivity index (χ4n) is 3.56. The van der Waals surface area contributed by atoms with Gasteiger partial charge in [-0.2, -0.15) is 13.2 Å². The van der Waals surface area contributed by atoms with Gasteiger partial charge in [0.25, 0.3) is 0 Å². The summed E-state index contributed by atoms with van der Waals surface area (Å²) in [6.07, 6.45) is 0.607. The fraction of sp³-hybridized carbons (Fsp3) is 0.632. The number of nitrogens with two attached hydrogens (primary N) is 1. The van der Waals surface area contributed by atoms with Gasteiger partial charge in [-0.3, -0.25) is 4.99 Å². The zero-order chi connectivity index (χ0) is 18.6. The second-order valence-electron chi connectivity index (χ2n) is 7.35. The summed E-state index contributed by atoms with van der Waals surface area (Å²) in [5, 5.41) is 3.14. The standard InChI is InChI=1S/C19H26F3N3O/c20-19(21,22)16-6-2-5-15(11-16)18(7-9-26-10-8-18)13-25-17(23)24-12-14-3-1-4-14/h2,5-6,11,14H,1,3-4,7-10,12-13H2,(H3,23,24,25). The first kappa shape index (κ1) is 19.0. The highest BCUT2D eigenvalue weighted by Gasteiger charge is 2.37. The minimum absolute atomic E-state index is 0.362. The zero-order valence-corrected chi connectivity index (χ0v) is 14.8. The van der Waals surface area contributed by atoms with Crippen molar-refractivity contribution in [2.24, 2.45) is 16.6 Å². The minimum atomic E-state index is -4.35. The van der Waals surface area contributed by atoms with Crippen LogP contribution in [0, 0.1) is 5.92 Å². The molecule has 144 valence electrons. The van der Waals surface area contributed by atoms with Gasteiger partial charge in [0.1, 0.15) is 0 Å². The van der Waals surface area contributed by atoms with Gasteiger partial charge in [0.15, 0.2) is 5.96 Å². The van der Waals surface area contributed by atoms with E-state index in [4.69, 9.17) is 10.5 Å². The molecular weight excluding hydrogens is 343 g/mol. The molecule has 0 bridgehead atoms. The monoisotopic (exact) mass is 369 g/mol. The van der Waals surface area contributed by atoms with Crippen LogP contribution >= 0.6 is 0 Å². The van der Waals surface area contributed by atoms with E-state index in [9.17, 15) is 13.2 Å². The molecule has 0 amide bonds. The van der Waals surface area contributed by atoms with Crippen molar-refractivity contribution in [3.05, 3.63) is 35.4 Å². The number of nitrogens with zero attached hydrogens (tertiary/aromatic N) is 1. The third-order valence-corrected chi connectivity index (χ3v) is 5.60. The third kappa shape index (κ3) is 4.50. The van der Waals surface area contributed by atoms with Crippen LogP contribution in [0.4, 0.5) is 13.2 Å². The van der Waals surface area contributed by atoms with E-state index in [1.54, 1.807) is 6.07 Å². The molecule has 1 aromatic carbocycles. The van der Waals surface area contributed by atoms with E-state index in [2.05, 4.69) is 10.3 Å². The number of aliphatic imine (C=N–C) groups is 1. The molecule has 1 aromatic rings. The highest BCUT2D eigenvalue weighted by molar-refractivity contribution is 5.77. The van der Waals surface area contributed by atoms with Crippen molar-refractivity contribution in [3.8, 4) is 0 Å². The summed E-state index contributed by atoms with van der Waals surface area (Å²) in [5.74, 6) is 1.03. The van der Waals surface area contributed by atoms with E-state index in [0.717, 1.165) is 12.6 Å². The van der Waals surface area contributed by atoms with Gasteiger partial charge in [-0.05, 0) is 43.2 Å². The Balaban J connectivity index is 1.75. The second-order valence-corrected chi connectivity index (χ2v) is 7.35. The molecule has 1 aliphatic heterocycles. The van der Waals surface area contributed by atoms with Crippen LogP contribution in [-0.4, -0.2) is 32.3 Å². The van der Waals surface area contributed by atoms with Gasteiger partial charge >= 0.3 is 6.18 Å². The number of ether oxygens (including phenoxy) is 1. The zero-order valence-electron chi connectivity index (χ0n) is 14.8. The van der Waals surface area contributed by atoms with Gasteiger partial charge < -0.3 is 15.8 Å². The molecule has 7 heteroatoms. The summed E-state index contributed by atoms with van der Waals surface area (Å²) in [6.45, 7) is 2.21. The van der Waals surface area contributed by atoms with E-state index in [0.29, 0.717) is 50.0 Å². The molecule has 1 saturated carbocycles. The normalized spacial score (nSPS) is 21.3. The van der Waals surface area contributed by atoms with Crippen molar-refractivity contribution < 1.29 is 17.9 Å². The van der Waals surface area contributed by atoms with E-state index in [-0.39, 0.29) is 0 Å². The molecule has 0 aromatic heterocycles. The highest BCUT2D eigenvalue weighted by Crippen LogP contribution is 2.38. The van der Waals surface area contributed by atoms with E-state index in [1.807, 2.05) is 0 Å². The molecule has 1 heterocycles. The minimum Gasteiger partial charge on any atom is -0.381 e. The van der Waals surface area contributed by atoms with Crippen LogP contribution in [-0.2, 0) is 16.3 Å². The van der Waals surface area contributed by atoms with Gasteiger partial charge in [0.2, 0.25) is 0 Å². The molecular formula is C19H26F3N3O. The SMILES string of the molecule is NC(=NCC1(c2cccc(C(F)(F)F)c2)CCOCC1)NCC1CCC1. The summed E-state index contributed by atoms with van der Waals surface area (Å²) < 4.78 is 44.8. The summed E-state index contributed by atoms with van der Waals surface area (Å²) in [4.78, 5) is 4.47. The van der Waals surface area contributed by atoms with Crippen LogP contribution in [0.3, 0.4) is 0 Å². The van der Waals surface area contributed by atoms with E-state index >= 15 is 0 Å². The summed E-state index contributed by atoms with van der Waals surface area (Å²) in [6, 6.07) is 5.58. The van der Waals surface area contributed by atoms with Crippen LogP contribution < -0.4 is 11.1 Å². The molecule has 0 radical (unpaired) electrons. The molecule has 3 rings (SSSR count). The summed E-state index contributed by atoms with van der Waals surface area (Å²) in [7, 11) is 0. The topological polar surface area (TPSA) is 59.6 Å². The van der Waals surface area contributed by atoms with Crippen molar-refractivity contribution in [1.29, 1.82) is 0 Å². The lowest BCUT2D eigenvalue weighted by atomic mass is 9.74. The first-order chi connectivity index (χ1) is 12.4. The van der Waals surface area contributed by atoms with Gasteiger partial charge in [-0.25, -0.2) is 0 Å². The number of alkyl halides is 3. The lowest BCUT2D eigenvalue weighted by Gasteiger charge is -2.37. The van der Waals surface area contributed by atoms with Gasteiger partial charge in [-0.15, -0.1) is 0 Å². The lowest BCUT2D eigenvalue weighted by Crippen LogP contribution is -2.41. The first-order valence-electron chi connectivity index (χ1n) is 9.18. The first-order valence-corrected chi connectivity index (χ1v) is 9.18. The average Bonchev–Trinajstić information content (AvgIpc) is 2.59. The van der Waals surface area contributed by atoms with Crippen molar-refractivity contribution in [1.82, 2.24) is 5.32 Å². The van der Waals surface area contributed by atoms with Crippen molar-refractivity contribution in [3.63, 3.8) is 0 Å². The second kappa shape index (κ2) is 7.86. The maximum absolute atomic E-state index is 13.1. The maximum Gasteiger partial charge on any atom is 0.416 e. The Labute approximate surface area is 152 Å². The van der Waals surface area contributed by atoms with Gasteiger partial charge in [0, 0.05) is 25.2 Å². The summed E-state index contributed by atoms with van der Waals surface area (Å²) >= 11 is 0. The van der Waals surface area contributed by atoms with Crippen LogP contribution in [0.15, 0.2) is 29.3 Å². The molecule has 0 atom stereocenters. The Hall–Kier alpha value is -1.76. The van der Waals surface area contributed by atoms with Crippen molar-refractivity contribution >= 4 is 5.96 Å². The molecule has 3 N–H and O–H groups in total. The molecule has 0 spiro atoms. The molecule has 26 heavy (non-hydrogen) atoms. The predicted molar refractivity (Wildman–Crippen MR) is 95.0 cm³/mol. The molecule has 0 unspecified atom stereocenters. The van der Waals surface area contributed by atoms with E-state index < -0.39 is 17.2 Å². The largest absolute Gasteiger partial charge is 0.416 e. The molecule has 2 aliphatic rings. The fourth-order valence-corrected chi connectivity index (χ4v) is 3.56. The Morgan fingerprint density at radius 1 is 1.27 bits per heavy atom. The van der Waals surface area contributed by atoms with Crippen LogP contribution in [0.1, 0.15) is 43.2 Å². The molecule has 1 aliphatic carbocycles. The Kier molecular flexibility index (Phi) is 5.75.